The van der Waals surface area contributed by atoms with E-state index < -0.39 is 24.5 Å². The maximum atomic E-state index is 13.8. The van der Waals surface area contributed by atoms with E-state index in [1.165, 1.54) is 12.1 Å². The lowest BCUT2D eigenvalue weighted by Crippen LogP contribution is -2.29. The van der Waals surface area contributed by atoms with Gasteiger partial charge in [-0.25, -0.2) is 9.18 Å². The van der Waals surface area contributed by atoms with E-state index in [0.29, 0.717) is 0 Å². The lowest BCUT2D eigenvalue weighted by Gasteiger charge is -2.14. The van der Waals surface area contributed by atoms with Crippen LogP contribution in [-0.2, 0) is 9.53 Å². The van der Waals surface area contributed by atoms with Crippen molar-refractivity contribution in [1.82, 2.24) is 0 Å². The van der Waals surface area contributed by atoms with Crippen molar-refractivity contribution >= 4 is 29.4 Å². The number of rotatable bonds is 6. The normalized spacial score (nSPS) is 10.0. The Morgan fingerprint density at radius 3 is 2.52 bits per heavy atom. The highest BCUT2D eigenvalue weighted by molar-refractivity contribution is 6.32. The van der Waals surface area contributed by atoms with Crippen LogP contribution in [0.15, 0.2) is 36.4 Å². The number of hydrogen-bond acceptors (Lipinski definition) is 6. The molecule has 9 heteroatoms. The molecule has 0 saturated carbocycles. The molecule has 0 aliphatic rings. The van der Waals surface area contributed by atoms with Gasteiger partial charge >= 0.3 is 6.09 Å². The van der Waals surface area contributed by atoms with Crippen molar-refractivity contribution in [3.05, 3.63) is 47.2 Å². The van der Waals surface area contributed by atoms with E-state index in [1.54, 1.807) is 12.1 Å². The van der Waals surface area contributed by atoms with Crippen LogP contribution in [0.2, 0.25) is 5.02 Å². The summed E-state index contributed by atoms with van der Waals surface area (Å²) in [4.78, 5) is 21.8. The third kappa shape index (κ3) is 4.98. The summed E-state index contributed by atoms with van der Waals surface area (Å²) < 4.78 is 28.9. The number of hydrogen-bond donors (Lipinski definition) is 1. The standard InChI is InChI=1S/C16H13ClFNO6/c1-23-16(22)19-11-7-14(9(17)6-10(11)18)25-13-5-3-2-4-12(13)24-8-15(20)21/h2-7H,8H2,1H3,(H,19,22)(H,20,21)/p-1. The molecule has 0 spiro atoms. The second kappa shape index (κ2) is 8.20. The number of benzene rings is 2. The van der Waals surface area contributed by atoms with Crippen molar-refractivity contribution < 1.29 is 33.3 Å². The van der Waals surface area contributed by atoms with Crippen molar-refractivity contribution in [2.75, 3.05) is 19.0 Å². The first-order valence-corrected chi connectivity index (χ1v) is 7.22. The van der Waals surface area contributed by atoms with Crippen LogP contribution >= 0.6 is 11.6 Å². The van der Waals surface area contributed by atoms with Gasteiger partial charge in [0.15, 0.2) is 11.5 Å². The molecular formula is C16H12ClFNO6-. The first-order valence-electron chi connectivity index (χ1n) is 6.84. The first kappa shape index (κ1) is 18.3. The van der Waals surface area contributed by atoms with Crippen molar-refractivity contribution in [2.24, 2.45) is 0 Å². The molecule has 2 aromatic rings. The molecule has 0 aliphatic heterocycles. The molecule has 0 unspecified atom stereocenters. The highest BCUT2D eigenvalue weighted by atomic mass is 35.5. The molecule has 0 atom stereocenters. The SMILES string of the molecule is COC(=O)Nc1cc(Oc2ccccc2OCC(=O)[O-])c(Cl)cc1F. The van der Waals surface area contributed by atoms with Gasteiger partial charge in [-0.05, 0) is 18.2 Å². The number of para-hydroxylation sites is 2. The Labute approximate surface area is 146 Å². The van der Waals surface area contributed by atoms with Crippen LogP contribution in [0, 0.1) is 5.82 Å². The van der Waals surface area contributed by atoms with Crippen LogP contribution in [0.4, 0.5) is 14.9 Å². The summed E-state index contributed by atoms with van der Waals surface area (Å²) in [5, 5.41) is 12.6. The number of carboxylic acid groups (broad SMARTS) is 1. The van der Waals surface area contributed by atoms with E-state index in [0.717, 1.165) is 19.2 Å². The first-order chi connectivity index (χ1) is 11.9. The molecule has 2 aromatic carbocycles. The van der Waals surface area contributed by atoms with Crippen LogP contribution < -0.4 is 19.9 Å². The molecular weight excluding hydrogens is 357 g/mol. The van der Waals surface area contributed by atoms with Gasteiger partial charge in [-0.2, -0.15) is 0 Å². The average Bonchev–Trinajstić information content (AvgIpc) is 2.58. The number of methoxy groups -OCH3 is 1. The molecule has 0 aromatic heterocycles. The molecule has 1 N–H and O–H groups in total. The van der Waals surface area contributed by atoms with E-state index in [-0.39, 0.29) is 28.0 Å². The number of carbonyl (C=O) groups is 2. The van der Waals surface area contributed by atoms with Crippen LogP contribution in [0.5, 0.6) is 17.2 Å². The highest BCUT2D eigenvalue weighted by Gasteiger charge is 2.15. The Morgan fingerprint density at radius 2 is 1.88 bits per heavy atom. The largest absolute Gasteiger partial charge is 0.546 e. The molecule has 0 bridgehead atoms. The van der Waals surface area contributed by atoms with E-state index >= 15 is 0 Å². The van der Waals surface area contributed by atoms with Gasteiger partial charge in [-0.1, -0.05) is 23.7 Å². The predicted molar refractivity (Wildman–Crippen MR) is 84.5 cm³/mol. The minimum absolute atomic E-state index is 0.0129. The molecule has 7 nitrogen and oxygen atoms in total. The third-order valence-corrected chi connectivity index (χ3v) is 3.15. The van der Waals surface area contributed by atoms with Gasteiger partial charge < -0.3 is 24.1 Å². The number of amides is 1. The minimum atomic E-state index is -1.40. The summed E-state index contributed by atoms with van der Waals surface area (Å²) in [5.41, 5.74) is -0.209. The number of nitrogens with one attached hydrogen (secondary N) is 1. The lowest BCUT2D eigenvalue weighted by molar-refractivity contribution is -0.307. The summed E-state index contributed by atoms with van der Waals surface area (Å²) in [6.45, 7) is -0.674. The van der Waals surface area contributed by atoms with Crippen molar-refractivity contribution in [3.63, 3.8) is 0 Å². The van der Waals surface area contributed by atoms with E-state index in [4.69, 9.17) is 21.1 Å². The maximum absolute atomic E-state index is 13.8. The van der Waals surface area contributed by atoms with Gasteiger partial charge in [0.1, 0.15) is 18.2 Å². The fraction of sp³-hybridized carbons (Fsp3) is 0.125. The Bertz CT molecular complexity index is 798. The molecule has 0 heterocycles. The lowest BCUT2D eigenvalue weighted by atomic mass is 10.2. The van der Waals surface area contributed by atoms with E-state index in [9.17, 15) is 19.1 Å². The summed E-state index contributed by atoms with van der Waals surface area (Å²) in [6.07, 6.45) is -0.870. The summed E-state index contributed by atoms with van der Waals surface area (Å²) in [5.74, 6) is -1.92. The quantitative estimate of drug-likeness (QED) is 0.841. The van der Waals surface area contributed by atoms with Gasteiger partial charge in [0.25, 0.3) is 0 Å². The molecule has 25 heavy (non-hydrogen) atoms. The Hall–Kier alpha value is -3.00. The fourth-order valence-electron chi connectivity index (χ4n) is 1.77. The zero-order chi connectivity index (χ0) is 18.4. The van der Waals surface area contributed by atoms with E-state index in [1.807, 2.05) is 0 Å². The molecule has 0 saturated heterocycles. The zero-order valence-corrected chi connectivity index (χ0v) is 13.6. The summed E-state index contributed by atoms with van der Waals surface area (Å²) >= 11 is 5.95. The van der Waals surface area contributed by atoms with Crippen molar-refractivity contribution in [2.45, 2.75) is 0 Å². The molecule has 0 fully saturated rings. The second-order valence-corrected chi connectivity index (χ2v) is 5.00. The fourth-order valence-corrected chi connectivity index (χ4v) is 1.96. The van der Waals surface area contributed by atoms with Crippen LogP contribution in [0.3, 0.4) is 0 Å². The Balaban J connectivity index is 2.29. The number of carbonyl (C=O) groups excluding carboxylic acids is 2. The molecule has 132 valence electrons. The Morgan fingerprint density at radius 1 is 1.20 bits per heavy atom. The number of halogens is 2. The van der Waals surface area contributed by atoms with Gasteiger partial charge in [0, 0.05) is 6.07 Å². The second-order valence-electron chi connectivity index (χ2n) is 4.59. The van der Waals surface area contributed by atoms with Crippen molar-refractivity contribution in [3.8, 4) is 17.2 Å². The Kier molecular flexibility index (Phi) is 6.02. The predicted octanol–water partition coefficient (Wildman–Crippen LogP) is 2.58. The topological polar surface area (TPSA) is 96.9 Å². The van der Waals surface area contributed by atoms with Gasteiger partial charge in [0.05, 0.1) is 23.8 Å². The van der Waals surface area contributed by atoms with Gasteiger partial charge in [0.2, 0.25) is 0 Å². The molecule has 0 aliphatic carbocycles. The summed E-state index contributed by atoms with van der Waals surface area (Å²) in [6, 6.07) is 8.30. The zero-order valence-electron chi connectivity index (χ0n) is 12.9. The number of carboxylic acids is 1. The number of anilines is 1. The third-order valence-electron chi connectivity index (χ3n) is 2.86. The van der Waals surface area contributed by atoms with Gasteiger partial charge in [-0.15, -0.1) is 0 Å². The van der Waals surface area contributed by atoms with Crippen LogP contribution in [0.1, 0.15) is 0 Å². The van der Waals surface area contributed by atoms with E-state index in [2.05, 4.69) is 10.1 Å². The maximum Gasteiger partial charge on any atom is 0.411 e. The smallest absolute Gasteiger partial charge is 0.411 e. The van der Waals surface area contributed by atoms with Gasteiger partial charge in [-0.3, -0.25) is 5.32 Å². The molecule has 0 radical (unpaired) electrons. The van der Waals surface area contributed by atoms with Crippen molar-refractivity contribution in [1.29, 1.82) is 0 Å². The highest BCUT2D eigenvalue weighted by Crippen LogP contribution is 2.37. The number of ether oxygens (including phenoxy) is 3. The summed E-state index contributed by atoms with van der Waals surface area (Å²) in [7, 11) is 1.13. The monoisotopic (exact) mass is 368 g/mol. The minimum Gasteiger partial charge on any atom is -0.546 e. The van der Waals surface area contributed by atoms with Crippen LogP contribution in [0.25, 0.3) is 0 Å². The molecule has 2 rings (SSSR count). The number of aliphatic carboxylic acids is 1. The average molecular weight is 369 g/mol. The van der Waals surface area contributed by atoms with Crippen LogP contribution in [-0.4, -0.2) is 25.8 Å². The molecule has 1 amide bonds.